The number of carboxylic acid groups (broad SMARTS) is 1. The minimum atomic E-state index is -0.795. The number of hydrogen-bond donors (Lipinski definition) is 2. The quantitative estimate of drug-likeness (QED) is 0.761. The second-order valence-electron chi connectivity index (χ2n) is 4.71. The zero-order valence-electron chi connectivity index (χ0n) is 11.1. The first-order valence-corrected chi connectivity index (χ1v) is 6.66. The van der Waals surface area contributed by atoms with E-state index in [0.29, 0.717) is 19.3 Å². The molecule has 0 spiro atoms. The minimum absolute atomic E-state index is 0.149. The third-order valence-electron chi connectivity index (χ3n) is 3.13. The van der Waals surface area contributed by atoms with Crippen LogP contribution in [0.2, 0.25) is 0 Å². The van der Waals surface area contributed by atoms with Gasteiger partial charge in [-0.05, 0) is 31.4 Å². The van der Waals surface area contributed by atoms with Crippen LogP contribution in [0.4, 0.5) is 0 Å². The summed E-state index contributed by atoms with van der Waals surface area (Å²) in [6, 6.07) is 9.68. The largest absolute Gasteiger partial charge is 0.481 e. The number of carbonyl (C=O) groups is 1. The maximum Gasteiger partial charge on any atom is 0.303 e. The monoisotopic (exact) mass is 274 g/mol. The van der Waals surface area contributed by atoms with E-state index in [9.17, 15) is 9.90 Å². The molecule has 2 aromatic rings. The van der Waals surface area contributed by atoms with E-state index < -0.39 is 12.1 Å². The normalized spacial score (nSPS) is 12.2. The molecule has 1 aromatic heterocycles. The van der Waals surface area contributed by atoms with Crippen molar-refractivity contribution in [2.45, 2.75) is 31.8 Å². The number of benzene rings is 1. The summed E-state index contributed by atoms with van der Waals surface area (Å²) >= 11 is 0. The maximum atomic E-state index is 10.4. The standard InChI is InChI=1S/C15H18N2O3/c18-14(8-4-5-9-15(19)20)12-10-16-17(11-12)13-6-2-1-3-7-13/h1-3,6-7,10-11,14,18H,4-5,8-9H2,(H,19,20). The van der Waals surface area contributed by atoms with Gasteiger partial charge in [0.05, 0.1) is 18.0 Å². The van der Waals surface area contributed by atoms with Crippen molar-refractivity contribution in [3.63, 3.8) is 0 Å². The van der Waals surface area contributed by atoms with Crippen molar-refractivity contribution in [1.82, 2.24) is 9.78 Å². The lowest BCUT2D eigenvalue weighted by molar-refractivity contribution is -0.137. The second-order valence-corrected chi connectivity index (χ2v) is 4.71. The molecule has 1 unspecified atom stereocenters. The molecular formula is C15H18N2O3. The summed E-state index contributed by atoms with van der Waals surface area (Å²) in [6.07, 6.45) is 4.82. The van der Waals surface area contributed by atoms with Gasteiger partial charge in [0, 0.05) is 18.2 Å². The average molecular weight is 274 g/mol. The van der Waals surface area contributed by atoms with Crippen molar-refractivity contribution in [1.29, 1.82) is 0 Å². The van der Waals surface area contributed by atoms with Gasteiger partial charge in [0.2, 0.25) is 0 Å². The summed E-state index contributed by atoms with van der Waals surface area (Å²) in [5.41, 5.74) is 1.70. The highest BCUT2D eigenvalue weighted by atomic mass is 16.4. The molecule has 0 amide bonds. The molecule has 1 aromatic carbocycles. The lowest BCUT2D eigenvalue weighted by Crippen LogP contribution is -1.98. The molecule has 2 N–H and O–H groups in total. The van der Waals surface area contributed by atoms with Crippen LogP contribution in [-0.2, 0) is 4.79 Å². The fourth-order valence-electron chi connectivity index (χ4n) is 2.01. The first-order chi connectivity index (χ1) is 9.66. The summed E-state index contributed by atoms with van der Waals surface area (Å²) in [7, 11) is 0. The van der Waals surface area contributed by atoms with Crippen molar-refractivity contribution in [3.8, 4) is 5.69 Å². The van der Waals surface area contributed by atoms with Crippen LogP contribution in [0, 0.1) is 0 Å². The molecular weight excluding hydrogens is 256 g/mol. The number of unbranched alkanes of at least 4 members (excludes halogenated alkanes) is 1. The number of carboxylic acids is 1. The van der Waals surface area contributed by atoms with E-state index in [1.165, 1.54) is 0 Å². The van der Waals surface area contributed by atoms with Crippen LogP contribution >= 0.6 is 0 Å². The van der Waals surface area contributed by atoms with Crippen LogP contribution in [0.3, 0.4) is 0 Å². The Labute approximate surface area is 117 Å². The Morgan fingerprint density at radius 3 is 2.70 bits per heavy atom. The number of aliphatic hydroxyl groups excluding tert-OH is 1. The minimum Gasteiger partial charge on any atom is -0.481 e. The average Bonchev–Trinajstić information content (AvgIpc) is 2.94. The molecule has 0 saturated heterocycles. The maximum absolute atomic E-state index is 10.4. The summed E-state index contributed by atoms with van der Waals surface area (Å²) in [5, 5.41) is 22.8. The van der Waals surface area contributed by atoms with E-state index in [0.717, 1.165) is 11.3 Å². The van der Waals surface area contributed by atoms with Crippen LogP contribution in [0.1, 0.15) is 37.4 Å². The molecule has 0 radical (unpaired) electrons. The predicted molar refractivity (Wildman–Crippen MR) is 74.6 cm³/mol. The van der Waals surface area contributed by atoms with Crippen LogP contribution in [0.15, 0.2) is 42.7 Å². The van der Waals surface area contributed by atoms with Gasteiger partial charge in [-0.2, -0.15) is 5.10 Å². The molecule has 20 heavy (non-hydrogen) atoms. The zero-order chi connectivity index (χ0) is 14.4. The third kappa shape index (κ3) is 3.93. The van der Waals surface area contributed by atoms with E-state index in [1.54, 1.807) is 17.1 Å². The van der Waals surface area contributed by atoms with Crippen LogP contribution in [-0.4, -0.2) is 26.0 Å². The topological polar surface area (TPSA) is 75.3 Å². The lowest BCUT2D eigenvalue weighted by atomic mass is 10.1. The fraction of sp³-hybridized carbons (Fsp3) is 0.333. The summed E-state index contributed by atoms with van der Waals surface area (Å²) in [4.78, 5) is 10.4. The van der Waals surface area contributed by atoms with Gasteiger partial charge in [0.15, 0.2) is 0 Å². The molecule has 106 valence electrons. The van der Waals surface area contributed by atoms with Gasteiger partial charge in [-0.15, -0.1) is 0 Å². The Kier molecular flexibility index (Phi) is 4.90. The Morgan fingerprint density at radius 2 is 2.00 bits per heavy atom. The van der Waals surface area contributed by atoms with Crippen molar-refractivity contribution in [2.24, 2.45) is 0 Å². The molecule has 5 heteroatoms. The van der Waals surface area contributed by atoms with Crippen molar-refractivity contribution in [3.05, 3.63) is 48.3 Å². The number of aliphatic hydroxyl groups is 1. The first kappa shape index (κ1) is 14.3. The fourth-order valence-corrected chi connectivity index (χ4v) is 2.01. The summed E-state index contributed by atoms with van der Waals surface area (Å²) < 4.78 is 1.72. The molecule has 0 bridgehead atoms. The van der Waals surface area contributed by atoms with E-state index in [4.69, 9.17) is 5.11 Å². The molecule has 0 saturated carbocycles. The Morgan fingerprint density at radius 1 is 1.25 bits per heavy atom. The van der Waals surface area contributed by atoms with Gasteiger partial charge in [-0.1, -0.05) is 18.2 Å². The van der Waals surface area contributed by atoms with Crippen molar-refractivity contribution in [2.75, 3.05) is 0 Å². The van der Waals surface area contributed by atoms with Crippen molar-refractivity contribution < 1.29 is 15.0 Å². The molecule has 0 aliphatic heterocycles. The number of nitrogens with zero attached hydrogens (tertiary/aromatic N) is 2. The van der Waals surface area contributed by atoms with E-state index >= 15 is 0 Å². The smallest absolute Gasteiger partial charge is 0.303 e. The summed E-state index contributed by atoms with van der Waals surface area (Å²) in [6.45, 7) is 0. The number of hydrogen-bond acceptors (Lipinski definition) is 3. The molecule has 0 aliphatic carbocycles. The Hall–Kier alpha value is -2.14. The van der Waals surface area contributed by atoms with E-state index in [1.807, 2.05) is 30.3 Å². The predicted octanol–water partition coefficient (Wildman–Crippen LogP) is 2.55. The highest BCUT2D eigenvalue weighted by Gasteiger charge is 2.10. The van der Waals surface area contributed by atoms with Gasteiger partial charge in [-0.25, -0.2) is 4.68 Å². The molecule has 5 nitrogen and oxygen atoms in total. The molecule has 1 heterocycles. The van der Waals surface area contributed by atoms with Crippen LogP contribution in [0.5, 0.6) is 0 Å². The third-order valence-corrected chi connectivity index (χ3v) is 3.13. The van der Waals surface area contributed by atoms with Crippen LogP contribution in [0.25, 0.3) is 5.69 Å². The highest BCUT2D eigenvalue weighted by Crippen LogP contribution is 2.20. The first-order valence-electron chi connectivity index (χ1n) is 6.66. The summed E-state index contributed by atoms with van der Waals surface area (Å²) in [5.74, 6) is -0.795. The van der Waals surface area contributed by atoms with Gasteiger partial charge in [0.25, 0.3) is 0 Å². The van der Waals surface area contributed by atoms with Gasteiger partial charge < -0.3 is 10.2 Å². The second kappa shape index (κ2) is 6.86. The van der Waals surface area contributed by atoms with E-state index in [2.05, 4.69) is 5.10 Å². The number of aromatic nitrogens is 2. The van der Waals surface area contributed by atoms with Gasteiger partial charge in [0.1, 0.15) is 0 Å². The number of aliphatic carboxylic acids is 1. The molecule has 1 atom stereocenters. The molecule has 0 fully saturated rings. The SMILES string of the molecule is O=C(O)CCCCC(O)c1cnn(-c2ccccc2)c1. The zero-order valence-corrected chi connectivity index (χ0v) is 11.1. The van der Waals surface area contributed by atoms with E-state index in [-0.39, 0.29) is 6.42 Å². The lowest BCUT2D eigenvalue weighted by Gasteiger charge is -2.07. The van der Waals surface area contributed by atoms with Gasteiger partial charge >= 0.3 is 5.97 Å². The Balaban J connectivity index is 1.90. The highest BCUT2D eigenvalue weighted by molar-refractivity contribution is 5.66. The van der Waals surface area contributed by atoms with Crippen LogP contribution < -0.4 is 0 Å². The Bertz CT molecular complexity index is 551. The van der Waals surface area contributed by atoms with Gasteiger partial charge in [-0.3, -0.25) is 4.79 Å². The van der Waals surface area contributed by atoms with Crippen molar-refractivity contribution >= 4 is 5.97 Å². The molecule has 2 rings (SSSR count). The number of rotatable bonds is 7. The molecule has 0 aliphatic rings. The number of para-hydroxylation sites is 1.